The van der Waals surface area contributed by atoms with Gasteiger partial charge in [-0.2, -0.15) is 0 Å². The van der Waals surface area contributed by atoms with Gasteiger partial charge in [0.1, 0.15) is 5.82 Å². The zero-order chi connectivity index (χ0) is 13.8. The summed E-state index contributed by atoms with van der Waals surface area (Å²) in [6.07, 6.45) is 0.594. The van der Waals surface area contributed by atoms with Crippen molar-refractivity contribution >= 4 is 23.2 Å². The van der Waals surface area contributed by atoms with Gasteiger partial charge in [-0.3, -0.25) is 11.3 Å². The van der Waals surface area contributed by atoms with Crippen molar-refractivity contribution in [3.63, 3.8) is 0 Å². The van der Waals surface area contributed by atoms with E-state index in [4.69, 9.17) is 29.0 Å². The number of benzene rings is 2. The minimum absolute atomic E-state index is 0.0967. The molecular weight excluding hydrogens is 286 g/mol. The predicted octanol–water partition coefficient (Wildman–Crippen LogP) is 3.88. The van der Waals surface area contributed by atoms with Crippen LogP contribution in [-0.2, 0) is 6.42 Å². The van der Waals surface area contributed by atoms with E-state index in [1.165, 1.54) is 6.07 Å². The van der Waals surface area contributed by atoms with Gasteiger partial charge in [-0.05, 0) is 35.7 Å². The molecule has 0 aliphatic heterocycles. The van der Waals surface area contributed by atoms with Crippen LogP contribution in [0.25, 0.3) is 0 Å². The van der Waals surface area contributed by atoms with Gasteiger partial charge in [0.2, 0.25) is 0 Å². The summed E-state index contributed by atoms with van der Waals surface area (Å²) in [6.45, 7) is 0. The van der Waals surface area contributed by atoms with Crippen LogP contribution < -0.4 is 11.3 Å². The summed E-state index contributed by atoms with van der Waals surface area (Å²) in [4.78, 5) is 0. The number of hydrazine groups is 1. The maximum Gasteiger partial charge on any atom is 0.142 e. The third-order valence-electron chi connectivity index (χ3n) is 2.91. The minimum atomic E-state index is -0.449. The van der Waals surface area contributed by atoms with Crippen LogP contribution in [0.1, 0.15) is 17.2 Å². The lowest BCUT2D eigenvalue weighted by atomic mass is 9.99. The zero-order valence-electron chi connectivity index (χ0n) is 10.0. The molecule has 0 aliphatic carbocycles. The first kappa shape index (κ1) is 14.3. The second-order valence-electron chi connectivity index (χ2n) is 4.19. The van der Waals surface area contributed by atoms with Crippen molar-refractivity contribution in [2.24, 2.45) is 5.84 Å². The topological polar surface area (TPSA) is 38.0 Å². The maximum atomic E-state index is 13.4. The number of halogens is 3. The van der Waals surface area contributed by atoms with Crippen LogP contribution in [0.15, 0.2) is 42.5 Å². The Morgan fingerprint density at radius 2 is 1.79 bits per heavy atom. The van der Waals surface area contributed by atoms with Gasteiger partial charge in [0, 0.05) is 5.02 Å². The van der Waals surface area contributed by atoms with Crippen molar-refractivity contribution in [2.75, 3.05) is 0 Å². The maximum absolute atomic E-state index is 13.4. The van der Waals surface area contributed by atoms with E-state index in [-0.39, 0.29) is 11.1 Å². The van der Waals surface area contributed by atoms with Gasteiger partial charge in [-0.15, -0.1) is 0 Å². The molecule has 0 aliphatic rings. The van der Waals surface area contributed by atoms with E-state index in [2.05, 4.69) is 5.43 Å². The standard InChI is InChI=1S/C14H13Cl2FN2/c15-10-6-4-9(5-7-10)8-13(19-18)11-2-1-3-12(17)14(11)16/h1-7,13,19H,8,18H2. The first-order valence-corrected chi connectivity index (χ1v) is 6.52. The number of nitrogens with one attached hydrogen (secondary N) is 1. The Morgan fingerprint density at radius 1 is 1.11 bits per heavy atom. The molecule has 0 fully saturated rings. The fourth-order valence-electron chi connectivity index (χ4n) is 1.90. The van der Waals surface area contributed by atoms with E-state index in [1.54, 1.807) is 24.3 Å². The van der Waals surface area contributed by atoms with Crippen molar-refractivity contribution in [1.29, 1.82) is 0 Å². The monoisotopic (exact) mass is 298 g/mol. The summed E-state index contributed by atoms with van der Waals surface area (Å²) in [5, 5.41) is 0.768. The molecule has 0 amide bonds. The molecule has 2 aromatic carbocycles. The molecule has 0 saturated carbocycles. The summed E-state index contributed by atoms with van der Waals surface area (Å²) in [6, 6.07) is 11.8. The first-order chi connectivity index (χ1) is 9.11. The average molecular weight is 299 g/mol. The molecule has 0 aromatic heterocycles. The van der Waals surface area contributed by atoms with Crippen LogP contribution in [0.4, 0.5) is 4.39 Å². The summed E-state index contributed by atoms with van der Waals surface area (Å²) >= 11 is 11.8. The van der Waals surface area contributed by atoms with Crippen LogP contribution in [0, 0.1) is 5.82 Å². The predicted molar refractivity (Wildman–Crippen MR) is 76.6 cm³/mol. The average Bonchev–Trinajstić information content (AvgIpc) is 2.42. The number of rotatable bonds is 4. The molecule has 2 nitrogen and oxygen atoms in total. The summed E-state index contributed by atoms with van der Waals surface area (Å²) in [7, 11) is 0. The van der Waals surface area contributed by atoms with Gasteiger partial charge in [0.15, 0.2) is 0 Å². The quantitative estimate of drug-likeness (QED) is 0.664. The Balaban J connectivity index is 2.25. The van der Waals surface area contributed by atoms with Crippen molar-refractivity contribution < 1.29 is 4.39 Å². The van der Waals surface area contributed by atoms with Gasteiger partial charge in [-0.25, -0.2) is 4.39 Å². The number of hydrogen-bond donors (Lipinski definition) is 2. The lowest BCUT2D eigenvalue weighted by Crippen LogP contribution is -2.30. The van der Waals surface area contributed by atoms with E-state index < -0.39 is 5.82 Å². The smallest absolute Gasteiger partial charge is 0.142 e. The molecular formula is C14H13Cl2FN2. The van der Waals surface area contributed by atoms with Crippen molar-refractivity contribution in [3.05, 3.63) is 69.5 Å². The summed E-state index contributed by atoms with van der Waals surface area (Å²) < 4.78 is 13.4. The summed E-state index contributed by atoms with van der Waals surface area (Å²) in [5.41, 5.74) is 4.34. The van der Waals surface area contributed by atoms with E-state index in [1.807, 2.05) is 12.1 Å². The van der Waals surface area contributed by atoms with E-state index in [9.17, 15) is 4.39 Å². The van der Waals surface area contributed by atoms with Gasteiger partial charge in [0.25, 0.3) is 0 Å². The first-order valence-electron chi connectivity index (χ1n) is 5.76. The third-order valence-corrected chi connectivity index (χ3v) is 3.56. The highest BCUT2D eigenvalue weighted by Gasteiger charge is 2.16. The molecule has 3 N–H and O–H groups in total. The van der Waals surface area contributed by atoms with Crippen LogP contribution in [0.5, 0.6) is 0 Å². The Kier molecular flexibility index (Phi) is 4.77. The molecule has 0 bridgehead atoms. The normalized spacial score (nSPS) is 12.4. The Morgan fingerprint density at radius 3 is 2.42 bits per heavy atom. The molecule has 0 radical (unpaired) electrons. The Bertz CT molecular complexity index is 558. The molecule has 100 valence electrons. The molecule has 2 rings (SSSR count). The highest BCUT2D eigenvalue weighted by atomic mass is 35.5. The lowest BCUT2D eigenvalue weighted by Gasteiger charge is -2.18. The molecule has 5 heteroatoms. The Hall–Kier alpha value is -1.13. The van der Waals surface area contributed by atoms with Crippen LogP contribution in [0.3, 0.4) is 0 Å². The lowest BCUT2D eigenvalue weighted by molar-refractivity contribution is 0.545. The second-order valence-corrected chi connectivity index (χ2v) is 5.01. The summed E-state index contributed by atoms with van der Waals surface area (Å²) in [5.74, 6) is 5.10. The van der Waals surface area contributed by atoms with E-state index in [0.29, 0.717) is 17.0 Å². The fraction of sp³-hybridized carbons (Fsp3) is 0.143. The highest BCUT2D eigenvalue weighted by molar-refractivity contribution is 6.31. The van der Waals surface area contributed by atoms with Gasteiger partial charge < -0.3 is 0 Å². The molecule has 1 atom stereocenters. The molecule has 0 spiro atoms. The van der Waals surface area contributed by atoms with Crippen LogP contribution in [0.2, 0.25) is 10.0 Å². The van der Waals surface area contributed by atoms with Gasteiger partial charge >= 0.3 is 0 Å². The van der Waals surface area contributed by atoms with Crippen molar-refractivity contribution in [2.45, 2.75) is 12.5 Å². The zero-order valence-corrected chi connectivity index (χ0v) is 11.5. The van der Waals surface area contributed by atoms with E-state index >= 15 is 0 Å². The van der Waals surface area contributed by atoms with Crippen LogP contribution in [-0.4, -0.2) is 0 Å². The second kappa shape index (κ2) is 6.35. The van der Waals surface area contributed by atoms with Crippen molar-refractivity contribution in [1.82, 2.24) is 5.43 Å². The number of nitrogens with two attached hydrogens (primary N) is 1. The molecule has 0 heterocycles. The Labute approximate surface area is 121 Å². The largest absolute Gasteiger partial charge is 0.271 e. The molecule has 1 unspecified atom stereocenters. The van der Waals surface area contributed by atoms with Gasteiger partial charge in [0.05, 0.1) is 11.1 Å². The van der Waals surface area contributed by atoms with Crippen LogP contribution >= 0.6 is 23.2 Å². The SMILES string of the molecule is NNC(Cc1ccc(Cl)cc1)c1cccc(F)c1Cl. The van der Waals surface area contributed by atoms with E-state index in [0.717, 1.165) is 5.56 Å². The van der Waals surface area contributed by atoms with Gasteiger partial charge in [-0.1, -0.05) is 47.5 Å². The third kappa shape index (κ3) is 3.45. The number of hydrogen-bond acceptors (Lipinski definition) is 2. The highest BCUT2D eigenvalue weighted by Crippen LogP contribution is 2.27. The molecule has 0 saturated heterocycles. The minimum Gasteiger partial charge on any atom is -0.271 e. The molecule has 19 heavy (non-hydrogen) atoms. The fourth-order valence-corrected chi connectivity index (χ4v) is 2.29. The molecule has 2 aromatic rings. The van der Waals surface area contributed by atoms with Crippen molar-refractivity contribution in [3.8, 4) is 0 Å².